The zero-order chi connectivity index (χ0) is 19.1. The Bertz CT molecular complexity index is 827. The van der Waals surface area contributed by atoms with Crippen LogP contribution in [-0.2, 0) is 16.0 Å². The highest BCUT2D eigenvalue weighted by Crippen LogP contribution is 2.34. The Hall–Kier alpha value is -3.05. The largest absolute Gasteiger partial charge is 0.493 e. The molecule has 0 unspecified atom stereocenters. The molecule has 1 aromatic carbocycles. The molecule has 1 heterocycles. The van der Waals surface area contributed by atoms with Crippen molar-refractivity contribution in [2.75, 3.05) is 19.5 Å². The molecule has 8 heteroatoms. The maximum atomic E-state index is 12.4. The average Bonchev–Trinajstić information content (AvgIpc) is 3.13. The molecule has 0 saturated carbocycles. The number of amides is 1. The number of esters is 1. The first-order valence-corrected chi connectivity index (χ1v) is 8.55. The van der Waals surface area contributed by atoms with Crippen LogP contribution in [0, 0.1) is 11.3 Å². The molecule has 0 radical (unpaired) electrons. The highest BCUT2D eigenvalue weighted by Gasteiger charge is 2.21. The zero-order valence-electron chi connectivity index (χ0n) is 14.6. The van der Waals surface area contributed by atoms with Crippen LogP contribution in [0.2, 0.25) is 0 Å². The number of hydrogen-bond donors (Lipinski definition) is 1. The number of carbonyl (C=O) groups excluding carboxylic acids is 2. The lowest BCUT2D eigenvalue weighted by Crippen LogP contribution is -2.19. The summed E-state index contributed by atoms with van der Waals surface area (Å²) in [5.41, 5.74) is 0.295. The van der Waals surface area contributed by atoms with Gasteiger partial charge in [0.2, 0.25) is 5.91 Å². The van der Waals surface area contributed by atoms with Crippen LogP contribution >= 0.6 is 11.3 Å². The number of hydrogen-bond acceptors (Lipinski definition) is 7. The summed E-state index contributed by atoms with van der Waals surface area (Å²) in [6.45, 7) is 1.45. The maximum absolute atomic E-state index is 12.4. The van der Waals surface area contributed by atoms with Crippen LogP contribution in [0.4, 0.5) is 5.69 Å². The molecule has 0 fully saturated rings. The van der Waals surface area contributed by atoms with Crippen molar-refractivity contribution >= 4 is 28.9 Å². The maximum Gasteiger partial charge on any atom is 0.341 e. The molecule has 0 bridgehead atoms. The van der Waals surface area contributed by atoms with E-state index in [1.165, 1.54) is 44.6 Å². The summed E-state index contributed by atoms with van der Waals surface area (Å²) >= 11 is 1.46. The molecular formula is C18H18N2O5S. The molecule has 2 rings (SSSR count). The third kappa shape index (κ3) is 4.74. The number of methoxy groups -OCH3 is 2. The normalized spacial score (nSPS) is 11.2. The Morgan fingerprint density at radius 2 is 1.96 bits per heavy atom. The number of nitriles is 1. The minimum absolute atomic E-state index is 0.0734. The second-order valence-electron chi connectivity index (χ2n) is 5.23. The number of carbonyl (C=O) groups is 2. The lowest BCUT2D eigenvalue weighted by molar-refractivity contribution is -0.115. The Kier molecular flexibility index (Phi) is 6.58. The Morgan fingerprint density at radius 3 is 2.54 bits per heavy atom. The second kappa shape index (κ2) is 8.87. The number of rotatable bonds is 7. The van der Waals surface area contributed by atoms with Crippen molar-refractivity contribution in [3.63, 3.8) is 0 Å². The first-order valence-electron chi connectivity index (χ1n) is 7.67. The van der Waals surface area contributed by atoms with E-state index in [0.29, 0.717) is 11.5 Å². The van der Waals surface area contributed by atoms with Crippen LogP contribution in [0.25, 0.3) is 0 Å². The van der Waals surface area contributed by atoms with Crippen LogP contribution in [0.1, 0.15) is 22.2 Å². The topological polar surface area (TPSA) is 97.6 Å². The summed E-state index contributed by atoms with van der Waals surface area (Å²) in [7, 11) is 2.88. The van der Waals surface area contributed by atoms with Crippen LogP contribution in [-0.4, -0.2) is 32.2 Å². The fourth-order valence-electron chi connectivity index (χ4n) is 2.17. The van der Waals surface area contributed by atoms with E-state index in [2.05, 4.69) is 5.32 Å². The van der Waals surface area contributed by atoms with Crippen molar-refractivity contribution in [1.82, 2.24) is 0 Å². The fourth-order valence-corrected chi connectivity index (χ4v) is 2.87. The third-order valence-corrected chi connectivity index (χ3v) is 4.27. The molecule has 0 aliphatic rings. The van der Waals surface area contributed by atoms with Gasteiger partial charge in [0, 0.05) is 17.0 Å². The van der Waals surface area contributed by atoms with E-state index < -0.39 is 12.1 Å². The Labute approximate surface area is 155 Å². The third-order valence-electron chi connectivity index (χ3n) is 3.40. The van der Waals surface area contributed by atoms with E-state index in [-0.39, 0.29) is 23.6 Å². The van der Waals surface area contributed by atoms with Crippen molar-refractivity contribution in [2.45, 2.75) is 19.4 Å². The summed E-state index contributed by atoms with van der Waals surface area (Å²) < 4.78 is 15.5. The first kappa shape index (κ1) is 19.3. The summed E-state index contributed by atoms with van der Waals surface area (Å²) in [5, 5.41) is 13.4. The monoisotopic (exact) mass is 374 g/mol. The van der Waals surface area contributed by atoms with Crippen LogP contribution in [0.3, 0.4) is 0 Å². The average molecular weight is 374 g/mol. The van der Waals surface area contributed by atoms with E-state index in [0.717, 1.165) is 4.88 Å². The molecule has 0 aliphatic heterocycles. The molecule has 0 spiro atoms. The molecule has 2 aromatic rings. The van der Waals surface area contributed by atoms with Crippen molar-refractivity contribution < 1.29 is 23.8 Å². The van der Waals surface area contributed by atoms with Gasteiger partial charge >= 0.3 is 5.97 Å². The quantitative estimate of drug-likeness (QED) is 0.748. The van der Waals surface area contributed by atoms with Crippen molar-refractivity contribution in [1.29, 1.82) is 5.26 Å². The van der Waals surface area contributed by atoms with E-state index in [4.69, 9.17) is 19.5 Å². The molecule has 1 amide bonds. The van der Waals surface area contributed by atoms with Gasteiger partial charge < -0.3 is 19.5 Å². The summed E-state index contributed by atoms with van der Waals surface area (Å²) in [5.74, 6) is -0.377. The number of benzene rings is 1. The van der Waals surface area contributed by atoms with Gasteiger partial charge in [0.25, 0.3) is 0 Å². The molecule has 1 N–H and O–H groups in total. The molecule has 136 valence electrons. The molecule has 26 heavy (non-hydrogen) atoms. The van der Waals surface area contributed by atoms with Gasteiger partial charge in [-0.15, -0.1) is 11.3 Å². The lowest BCUT2D eigenvalue weighted by Gasteiger charge is -2.15. The van der Waals surface area contributed by atoms with Gasteiger partial charge in [0.05, 0.1) is 31.9 Å². The molecule has 7 nitrogen and oxygen atoms in total. The predicted octanol–water partition coefficient (Wildman–Crippen LogP) is 3.02. The van der Waals surface area contributed by atoms with Gasteiger partial charge in [-0.2, -0.15) is 5.26 Å². The zero-order valence-corrected chi connectivity index (χ0v) is 15.4. The van der Waals surface area contributed by atoms with E-state index in [9.17, 15) is 9.59 Å². The number of nitrogens with zero attached hydrogens (tertiary/aromatic N) is 1. The van der Waals surface area contributed by atoms with Crippen LogP contribution < -0.4 is 14.8 Å². The Morgan fingerprint density at radius 1 is 1.27 bits per heavy atom. The van der Waals surface area contributed by atoms with Crippen molar-refractivity contribution in [2.24, 2.45) is 0 Å². The second-order valence-corrected chi connectivity index (χ2v) is 6.27. The van der Waals surface area contributed by atoms with Gasteiger partial charge in [-0.1, -0.05) is 6.07 Å². The standard InChI is InChI=1S/C18H18N2O5S/c1-11(10-19)25-18(22)13-8-15(23-2)16(24-3)9-14(13)20-17(21)7-12-5-4-6-26-12/h4-6,8-9,11H,7H2,1-3H3,(H,20,21)/t11-/m0/s1. The lowest BCUT2D eigenvalue weighted by atomic mass is 10.1. The van der Waals surface area contributed by atoms with Crippen molar-refractivity contribution in [3.8, 4) is 17.6 Å². The molecule has 0 saturated heterocycles. The molecule has 1 aromatic heterocycles. The smallest absolute Gasteiger partial charge is 0.341 e. The minimum atomic E-state index is -0.926. The van der Waals surface area contributed by atoms with Gasteiger partial charge in [0.1, 0.15) is 6.07 Å². The molecule has 1 atom stereocenters. The van der Waals surface area contributed by atoms with Crippen LogP contribution in [0.5, 0.6) is 11.5 Å². The number of thiophene rings is 1. The molecular weight excluding hydrogens is 356 g/mol. The van der Waals surface area contributed by atoms with Crippen LogP contribution in [0.15, 0.2) is 29.6 Å². The summed E-state index contributed by atoms with van der Waals surface area (Å²) in [6.07, 6.45) is -0.750. The highest BCUT2D eigenvalue weighted by molar-refractivity contribution is 7.10. The highest BCUT2D eigenvalue weighted by atomic mass is 32.1. The van der Waals surface area contributed by atoms with Crippen molar-refractivity contribution in [3.05, 3.63) is 40.1 Å². The molecule has 0 aliphatic carbocycles. The number of ether oxygens (including phenoxy) is 3. The van der Waals surface area contributed by atoms with Gasteiger partial charge in [0.15, 0.2) is 17.6 Å². The number of anilines is 1. The fraction of sp³-hybridized carbons (Fsp3) is 0.278. The van der Waals surface area contributed by atoms with Gasteiger partial charge in [-0.3, -0.25) is 4.79 Å². The summed E-state index contributed by atoms with van der Waals surface area (Å²) in [4.78, 5) is 25.6. The van der Waals surface area contributed by atoms with Gasteiger partial charge in [-0.05, 0) is 18.4 Å². The SMILES string of the molecule is COc1cc(NC(=O)Cc2cccs2)c(C(=O)O[C@@H](C)C#N)cc1OC. The number of nitrogens with one attached hydrogen (secondary N) is 1. The van der Waals surface area contributed by atoms with E-state index >= 15 is 0 Å². The Balaban J connectivity index is 2.33. The van der Waals surface area contributed by atoms with E-state index in [1.54, 1.807) is 0 Å². The first-order chi connectivity index (χ1) is 12.5. The summed E-state index contributed by atoms with van der Waals surface area (Å²) in [6, 6.07) is 8.42. The predicted molar refractivity (Wildman–Crippen MR) is 96.7 cm³/mol. The van der Waals surface area contributed by atoms with E-state index in [1.807, 2.05) is 23.6 Å². The minimum Gasteiger partial charge on any atom is -0.493 e. The van der Waals surface area contributed by atoms with Gasteiger partial charge in [-0.25, -0.2) is 4.79 Å².